The number of amides is 1. The number of rotatable bonds is 9. The number of nitrogens with zero attached hydrogens (tertiary/aromatic N) is 1. The summed E-state index contributed by atoms with van der Waals surface area (Å²) in [6.07, 6.45) is 1.48. The first-order chi connectivity index (χ1) is 20.9. The van der Waals surface area contributed by atoms with Gasteiger partial charge in [-0.1, -0.05) is 42.3 Å². The largest absolute Gasteiger partial charge is 0.481 e. The molecule has 2 aliphatic heterocycles. The molecule has 0 saturated carbocycles. The molecule has 0 aromatic heterocycles. The Balaban J connectivity index is 1.84. The van der Waals surface area contributed by atoms with Gasteiger partial charge in [0.2, 0.25) is 0 Å². The van der Waals surface area contributed by atoms with E-state index in [0.29, 0.717) is 59.2 Å². The summed E-state index contributed by atoms with van der Waals surface area (Å²) in [6.45, 7) is 4.31. The third-order valence-electron chi connectivity index (χ3n) is 9.83. The van der Waals surface area contributed by atoms with Gasteiger partial charge >= 0.3 is 11.9 Å². The zero-order chi connectivity index (χ0) is 32.0. The maximum Gasteiger partial charge on any atom is 0.349 e. The van der Waals surface area contributed by atoms with Crippen LogP contribution in [-0.2, 0) is 25.6 Å². The van der Waals surface area contributed by atoms with Gasteiger partial charge in [0.25, 0.3) is 5.72 Å². The van der Waals surface area contributed by atoms with E-state index in [1.165, 1.54) is 20.1 Å². The molecular weight excluding hydrogens is 608 g/mol. The van der Waals surface area contributed by atoms with Gasteiger partial charge in [-0.2, -0.15) is 0 Å². The van der Waals surface area contributed by atoms with Crippen LogP contribution in [0.15, 0.2) is 60.7 Å². The summed E-state index contributed by atoms with van der Waals surface area (Å²) < 4.78 is 28.0. The number of fused-ring (bicyclic) bond motifs is 1. The van der Waals surface area contributed by atoms with Crippen molar-refractivity contribution >= 4 is 35.1 Å². The van der Waals surface area contributed by atoms with Crippen molar-refractivity contribution in [2.75, 3.05) is 27.4 Å². The van der Waals surface area contributed by atoms with Gasteiger partial charge in [-0.05, 0) is 86.2 Å². The standard InChI is InChI=1S/C34H36Cl2FNO6/c1-5-33(42,22-14-16-44-17-15-22)24-18-27-29(28(37)19-24)34(43-4,23-8-12-26(36)13-9-23)38(3,31(27)39)30(20(2)32(40)41)21-6-10-25(35)11-7-21/h6-13,18-20,22,30,42H,5,14-17H2,1-4H3/p+1/t20-,30-,33?,34?,38-/m0/s1. The van der Waals surface area contributed by atoms with Crippen LogP contribution >= 0.6 is 23.2 Å². The zero-order valence-corrected chi connectivity index (χ0v) is 26.7. The summed E-state index contributed by atoms with van der Waals surface area (Å²) in [7, 11) is 2.97. The molecule has 2 N–H and O–H groups in total. The molecule has 10 heteroatoms. The molecule has 5 rings (SSSR count). The number of quaternary nitrogens is 1. The molecule has 1 saturated heterocycles. The summed E-state index contributed by atoms with van der Waals surface area (Å²) >= 11 is 12.5. The van der Waals surface area contributed by atoms with Gasteiger partial charge in [-0.25, -0.2) is 13.7 Å². The summed E-state index contributed by atoms with van der Waals surface area (Å²) in [4.78, 5) is 27.7. The van der Waals surface area contributed by atoms with E-state index in [9.17, 15) is 15.0 Å². The van der Waals surface area contributed by atoms with Crippen molar-refractivity contribution in [2.24, 2.45) is 11.8 Å². The van der Waals surface area contributed by atoms with E-state index in [2.05, 4.69) is 0 Å². The smallest absolute Gasteiger partial charge is 0.349 e. The van der Waals surface area contributed by atoms with Gasteiger partial charge in [0, 0.05) is 41.5 Å². The second-order valence-corrected chi connectivity index (χ2v) is 12.8. The maximum atomic E-state index is 16.9. The fourth-order valence-electron chi connectivity index (χ4n) is 7.55. The highest BCUT2D eigenvalue weighted by molar-refractivity contribution is 6.30. The molecule has 1 fully saturated rings. The first kappa shape index (κ1) is 32.5. The maximum absolute atomic E-state index is 16.9. The second kappa shape index (κ2) is 12.2. The molecule has 44 heavy (non-hydrogen) atoms. The van der Waals surface area contributed by atoms with Crippen molar-refractivity contribution in [3.05, 3.63) is 104 Å². The number of hydrogen-bond donors (Lipinski definition) is 2. The highest BCUT2D eigenvalue weighted by Crippen LogP contribution is 2.57. The molecule has 3 aromatic carbocycles. The lowest BCUT2D eigenvalue weighted by Gasteiger charge is -2.48. The Hall–Kier alpha value is -2.85. The number of carboxylic acid groups (broad SMARTS) is 1. The monoisotopic (exact) mass is 644 g/mol. The Morgan fingerprint density at radius 1 is 1.11 bits per heavy atom. The van der Waals surface area contributed by atoms with Crippen molar-refractivity contribution in [1.82, 2.24) is 0 Å². The van der Waals surface area contributed by atoms with Gasteiger partial charge in [0.1, 0.15) is 17.8 Å². The molecular formula is C34H37Cl2FNO6+. The van der Waals surface area contributed by atoms with Crippen molar-refractivity contribution in [1.29, 1.82) is 0 Å². The number of hydrogen-bond acceptors (Lipinski definition) is 5. The Morgan fingerprint density at radius 3 is 2.20 bits per heavy atom. The summed E-state index contributed by atoms with van der Waals surface area (Å²) in [6, 6.07) is 15.0. The number of benzene rings is 3. The number of carbonyl (C=O) groups excluding carboxylic acids is 1. The number of carboxylic acids is 1. The summed E-state index contributed by atoms with van der Waals surface area (Å²) in [5, 5.41) is 23.2. The van der Waals surface area contributed by atoms with Crippen LogP contribution in [0.25, 0.3) is 0 Å². The molecule has 7 nitrogen and oxygen atoms in total. The molecule has 3 aromatic rings. The third kappa shape index (κ3) is 4.87. The first-order valence-corrected chi connectivity index (χ1v) is 15.5. The number of methoxy groups -OCH3 is 1. The van der Waals surface area contributed by atoms with Crippen LogP contribution in [0.2, 0.25) is 10.0 Å². The first-order valence-electron chi connectivity index (χ1n) is 14.7. The minimum absolute atomic E-state index is 0.0230. The van der Waals surface area contributed by atoms with Gasteiger partial charge in [-0.15, -0.1) is 0 Å². The Bertz CT molecular complexity index is 1560. The zero-order valence-electron chi connectivity index (χ0n) is 25.1. The van der Waals surface area contributed by atoms with Gasteiger partial charge < -0.3 is 19.7 Å². The lowest BCUT2D eigenvalue weighted by atomic mass is 9.74. The lowest BCUT2D eigenvalue weighted by Crippen LogP contribution is -2.63. The summed E-state index contributed by atoms with van der Waals surface area (Å²) in [5.41, 5.74) is -2.02. The number of carbonyl (C=O) groups is 2. The predicted molar refractivity (Wildman–Crippen MR) is 165 cm³/mol. The van der Waals surface area contributed by atoms with Crippen molar-refractivity contribution in [2.45, 2.75) is 50.5 Å². The molecule has 0 aliphatic carbocycles. The molecule has 2 aliphatic rings. The van der Waals surface area contributed by atoms with E-state index in [0.717, 1.165) is 0 Å². The minimum atomic E-state index is -1.82. The van der Waals surface area contributed by atoms with Crippen molar-refractivity contribution in [3.8, 4) is 0 Å². The van der Waals surface area contributed by atoms with Crippen LogP contribution in [-0.4, -0.2) is 53.9 Å². The van der Waals surface area contributed by atoms with E-state index in [1.54, 1.807) is 61.6 Å². The van der Waals surface area contributed by atoms with Crippen molar-refractivity contribution < 1.29 is 38.1 Å². The lowest BCUT2D eigenvalue weighted by molar-refractivity contribution is -0.939. The SMILES string of the molecule is CCC(O)(c1cc(F)c2c(c1)C(=O)[N@+](C)([C@H](c1ccc(Cl)cc1)[C@H](C)C(=O)O)C2(OC)c1ccc(Cl)cc1)C1CCOCC1. The van der Waals surface area contributed by atoms with Crippen LogP contribution in [0.3, 0.4) is 0 Å². The van der Waals surface area contributed by atoms with Gasteiger partial charge in [0.05, 0.1) is 23.8 Å². The third-order valence-corrected chi connectivity index (χ3v) is 10.3. The second-order valence-electron chi connectivity index (χ2n) is 11.9. The number of aliphatic carboxylic acids is 1. The molecule has 5 atom stereocenters. The van der Waals surface area contributed by atoms with E-state index in [1.807, 2.05) is 6.92 Å². The molecule has 0 bridgehead atoms. The molecule has 234 valence electrons. The van der Waals surface area contributed by atoms with Crippen LogP contribution < -0.4 is 0 Å². The highest BCUT2D eigenvalue weighted by Gasteiger charge is 2.70. The van der Waals surface area contributed by atoms with Crippen molar-refractivity contribution in [3.63, 3.8) is 0 Å². The average molecular weight is 646 g/mol. The normalized spacial score (nSPS) is 24.9. The number of ether oxygens (including phenoxy) is 2. The number of aliphatic hydroxyl groups is 1. The molecule has 0 radical (unpaired) electrons. The van der Waals surface area contributed by atoms with Crippen LogP contribution in [0, 0.1) is 17.7 Å². The number of halogens is 3. The summed E-state index contributed by atoms with van der Waals surface area (Å²) in [5.74, 6) is -3.75. The molecule has 2 unspecified atom stereocenters. The molecule has 0 spiro atoms. The van der Waals surface area contributed by atoms with Crippen LogP contribution in [0.4, 0.5) is 4.39 Å². The Labute approximate surface area is 266 Å². The van der Waals surface area contributed by atoms with Gasteiger partial charge in [0.15, 0.2) is 0 Å². The molecule has 2 heterocycles. The van der Waals surface area contributed by atoms with E-state index < -0.39 is 45.5 Å². The fourth-order valence-corrected chi connectivity index (χ4v) is 7.80. The fraction of sp³-hybridized carbons (Fsp3) is 0.412. The predicted octanol–water partition coefficient (Wildman–Crippen LogP) is 7.07. The quantitative estimate of drug-likeness (QED) is 0.242. The van der Waals surface area contributed by atoms with Gasteiger partial charge in [-0.3, -0.25) is 4.79 Å². The van der Waals surface area contributed by atoms with Crippen LogP contribution in [0.5, 0.6) is 0 Å². The average Bonchev–Trinajstić information content (AvgIpc) is 3.22. The minimum Gasteiger partial charge on any atom is -0.481 e. The van der Waals surface area contributed by atoms with Crippen LogP contribution in [0.1, 0.15) is 71.8 Å². The molecule has 1 amide bonds. The Morgan fingerprint density at radius 2 is 1.68 bits per heavy atom. The van der Waals surface area contributed by atoms with E-state index >= 15 is 9.18 Å². The van der Waals surface area contributed by atoms with E-state index in [-0.39, 0.29) is 17.0 Å². The Kier molecular flexibility index (Phi) is 8.99. The highest BCUT2D eigenvalue weighted by atomic mass is 35.5. The van der Waals surface area contributed by atoms with E-state index in [4.69, 9.17) is 32.7 Å². The topological polar surface area (TPSA) is 93.1 Å².